The Morgan fingerprint density at radius 3 is 0.864 bits per heavy atom. The molecule has 0 aliphatic carbocycles. The van der Waals surface area contributed by atoms with Gasteiger partial charge in [0.05, 0.1) is 26.4 Å². The van der Waals surface area contributed by atoms with Gasteiger partial charge in [0.25, 0.3) is 0 Å². The number of phosphoric acid groups is 2. The number of rotatable bonds is 80. The number of allylic oxidation sites excluding steroid dienone is 4. The predicted molar refractivity (Wildman–Crippen MR) is 423 cm³/mol. The Bertz CT molecular complexity index is 2090. The van der Waals surface area contributed by atoms with E-state index in [0.29, 0.717) is 25.7 Å². The molecule has 3 N–H and O–H groups in total. The van der Waals surface area contributed by atoms with E-state index < -0.39 is 97.5 Å². The lowest BCUT2D eigenvalue weighted by atomic mass is 9.99. The molecule has 0 spiro atoms. The summed E-state index contributed by atoms with van der Waals surface area (Å²) < 4.78 is 68.8. The molecule has 0 saturated carbocycles. The van der Waals surface area contributed by atoms with Gasteiger partial charge >= 0.3 is 39.5 Å². The summed E-state index contributed by atoms with van der Waals surface area (Å²) in [6, 6.07) is 0. The second kappa shape index (κ2) is 73.7. The maximum absolute atomic E-state index is 13.1. The average Bonchev–Trinajstić information content (AvgIpc) is 0.910. The van der Waals surface area contributed by atoms with E-state index in [2.05, 4.69) is 72.8 Å². The summed E-state index contributed by atoms with van der Waals surface area (Å²) in [6.07, 6.45) is 65.9. The van der Waals surface area contributed by atoms with Crippen LogP contribution >= 0.6 is 15.6 Å². The zero-order valence-corrected chi connectivity index (χ0v) is 69.1. The number of hydrogen-bond donors (Lipinski definition) is 3. The van der Waals surface area contributed by atoms with E-state index in [1.54, 1.807) is 0 Å². The van der Waals surface area contributed by atoms with Gasteiger partial charge in [0.1, 0.15) is 19.3 Å². The second-order valence-corrected chi connectivity index (χ2v) is 33.6. The number of hydrogen-bond acceptors (Lipinski definition) is 15. The Morgan fingerprint density at radius 2 is 0.573 bits per heavy atom. The molecule has 3 unspecified atom stereocenters. The van der Waals surface area contributed by atoms with Gasteiger partial charge in [0, 0.05) is 25.7 Å². The fourth-order valence-electron chi connectivity index (χ4n) is 12.4. The van der Waals surface area contributed by atoms with Gasteiger partial charge in [0.2, 0.25) is 0 Å². The minimum Gasteiger partial charge on any atom is -0.462 e. The molecule has 0 saturated heterocycles. The first kappa shape index (κ1) is 101. The van der Waals surface area contributed by atoms with Crippen LogP contribution in [0.5, 0.6) is 0 Å². The van der Waals surface area contributed by atoms with Gasteiger partial charge < -0.3 is 33.8 Å². The second-order valence-electron chi connectivity index (χ2n) is 30.7. The SMILES string of the molecule is CCCCCC/C=C\C=C/CCCCCCCC(=O)O[C@H](COC(=O)CCCCCCCCCCC(C)CC)COP(=O)(O)OC[C@H](O)COP(=O)(O)OC[C@@H](COC(=O)CCCCCCCCCCCCCCCCCC(C)C)OC(=O)CCCCCCCCCCCCCCCCCC(C)C. The zero-order chi connectivity index (χ0) is 75.8. The molecule has 0 radical (unpaired) electrons. The van der Waals surface area contributed by atoms with Crippen molar-refractivity contribution >= 4 is 39.5 Å². The minimum absolute atomic E-state index is 0.0846. The first-order chi connectivity index (χ1) is 49.8. The number of unbranched alkanes of at least 4 members (excludes halogenated alkanes) is 44. The molecule has 0 bridgehead atoms. The van der Waals surface area contributed by atoms with Gasteiger partial charge in [-0.3, -0.25) is 37.3 Å². The zero-order valence-electron chi connectivity index (χ0n) is 67.3. The monoisotopic (exact) mass is 1500 g/mol. The lowest BCUT2D eigenvalue weighted by Gasteiger charge is -2.21. The highest BCUT2D eigenvalue weighted by Crippen LogP contribution is 2.45. The highest BCUT2D eigenvalue weighted by atomic mass is 31.2. The third kappa shape index (κ3) is 76.1. The molecule has 0 aliphatic rings. The van der Waals surface area contributed by atoms with Crippen LogP contribution in [-0.2, 0) is 65.4 Å². The highest BCUT2D eigenvalue weighted by Gasteiger charge is 2.30. The molecule has 0 aromatic heterocycles. The number of carbonyl (C=O) groups is 4. The molecule has 0 heterocycles. The third-order valence-corrected chi connectivity index (χ3v) is 21.3. The number of aliphatic hydroxyl groups excluding tert-OH is 1. The molecule has 0 aliphatic heterocycles. The van der Waals surface area contributed by atoms with Crippen LogP contribution < -0.4 is 0 Å². The molecule has 19 heteroatoms. The number of ether oxygens (including phenoxy) is 4. The summed E-state index contributed by atoms with van der Waals surface area (Å²) in [6.45, 7) is 11.9. The summed E-state index contributed by atoms with van der Waals surface area (Å²) in [5.74, 6) is 0.244. The predicted octanol–water partition coefficient (Wildman–Crippen LogP) is 24.9. The Balaban J connectivity index is 5.30. The van der Waals surface area contributed by atoms with Crippen LogP contribution in [0.1, 0.15) is 414 Å². The van der Waals surface area contributed by atoms with Crippen LogP contribution in [0.4, 0.5) is 0 Å². The quantitative estimate of drug-likeness (QED) is 0.0169. The van der Waals surface area contributed by atoms with Crippen molar-refractivity contribution < 1.29 is 80.2 Å². The maximum Gasteiger partial charge on any atom is 0.472 e. The molecular formula is C84H160O17P2. The van der Waals surface area contributed by atoms with Crippen LogP contribution in [0.15, 0.2) is 24.3 Å². The van der Waals surface area contributed by atoms with Gasteiger partial charge in [-0.1, -0.05) is 362 Å². The minimum atomic E-state index is -4.97. The van der Waals surface area contributed by atoms with Crippen molar-refractivity contribution in [3.05, 3.63) is 24.3 Å². The van der Waals surface area contributed by atoms with Crippen molar-refractivity contribution in [1.29, 1.82) is 0 Å². The summed E-state index contributed by atoms with van der Waals surface area (Å²) in [5, 5.41) is 10.7. The van der Waals surface area contributed by atoms with Crippen LogP contribution in [0, 0.1) is 17.8 Å². The van der Waals surface area contributed by atoms with Gasteiger partial charge in [0.15, 0.2) is 12.2 Å². The highest BCUT2D eigenvalue weighted by molar-refractivity contribution is 7.47. The normalized spacial score (nSPS) is 14.3. The van der Waals surface area contributed by atoms with Crippen LogP contribution in [0.2, 0.25) is 0 Å². The lowest BCUT2D eigenvalue weighted by Crippen LogP contribution is -2.30. The van der Waals surface area contributed by atoms with Crippen LogP contribution in [0.25, 0.3) is 0 Å². The summed E-state index contributed by atoms with van der Waals surface area (Å²) in [5.41, 5.74) is 0. The van der Waals surface area contributed by atoms with Crippen molar-refractivity contribution in [1.82, 2.24) is 0 Å². The molecule has 0 aromatic carbocycles. The smallest absolute Gasteiger partial charge is 0.462 e. The van der Waals surface area contributed by atoms with E-state index in [9.17, 15) is 43.2 Å². The van der Waals surface area contributed by atoms with E-state index in [1.165, 1.54) is 212 Å². The molecule has 608 valence electrons. The molecule has 103 heavy (non-hydrogen) atoms. The van der Waals surface area contributed by atoms with E-state index in [1.807, 2.05) is 0 Å². The standard InChI is InChI=1S/C84H160O17P2/c1-8-10-11-12-13-14-15-16-19-27-32-37-46-53-60-67-84(89)101-80(72-95-82(87)66-59-52-45-40-39-43-50-57-64-77(7)9-2)74-99-103(92,93)97-70-78(85)69-96-102(90,91)98-73-79(100-83(88)68-61-54-47-38-33-28-23-18-21-25-30-35-42-49-56-63-76(5)6)71-94-81(86)65-58-51-44-36-31-26-22-17-20-24-29-34-41-48-55-62-75(3)4/h14-16,19,75-80,85H,8-13,17-18,20-74H2,1-7H3,(H,90,91)(H,92,93)/b15-14-,19-16-/t77?,78-,79-,80-/m1/s1. The van der Waals surface area contributed by atoms with Gasteiger partial charge in [-0.05, 0) is 69.1 Å². The van der Waals surface area contributed by atoms with Crippen molar-refractivity contribution in [3.8, 4) is 0 Å². The first-order valence-electron chi connectivity index (χ1n) is 42.7. The van der Waals surface area contributed by atoms with Gasteiger partial charge in [-0.25, -0.2) is 9.13 Å². The summed E-state index contributed by atoms with van der Waals surface area (Å²) in [4.78, 5) is 73.2. The number of esters is 4. The molecule has 0 rings (SSSR count). The van der Waals surface area contributed by atoms with Crippen LogP contribution in [0.3, 0.4) is 0 Å². The maximum atomic E-state index is 13.1. The fourth-order valence-corrected chi connectivity index (χ4v) is 14.0. The molecule has 0 amide bonds. The van der Waals surface area contributed by atoms with Crippen molar-refractivity contribution in [3.63, 3.8) is 0 Å². The molecule has 17 nitrogen and oxygen atoms in total. The number of phosphoric ester groups is 2. The molecule has 0 aromatic rings. The summed E-state index contributed by atoms with van der Waals surface area (Å²) >= 11 is 0. The molecule has 6 atom stereocenters. The number of carbonyl (C=O) groups excluding carboxylic acids is 4. The Kier molecular flexibility index (Phi) is 71.9. The lowest BCUT2D eigenvalue weighted by molar-refractivity contribution is -0.161. The first-order valence-corrected chi connectivity index (χ1v) is 45.7. The van der Waals surface area contributed by atoms with Crippen molar-refractivity contribution in [2.45, 2.75) is 433 Å². The summed E-state index contributed by atoms with van der Waals surface area (Å²) in [7, 11) is -9.94. The largest absolute Gasteiger partial charge is 0.472 e. The third-order valence-electron chi connectivity index (χ3n) is 19.4. The van der Waals surface area contributed by atoms with Crippen LogP contribution in [-0.4, -0.2) is 96.7 Å². The van der Waals surface area contributed by atoms with E-state index >= 15 is 0 Å². The van der Waals surface area contributed by atoms with Crippen molar-refractivity contribution in [2.75, 3.05) is 39.6 Å². The topological polar surface area (TPSA) is 237 Å². The van der Waals surface area contributed by atoms with Gasteiger partial charge in [-0.15, -0.1) is 0 Å². The average molecular weight is 1500 g/mol. The number of aliphatic hydroxyl groups is 1. The Labute approximate surface area is 631 Å². The Hall–Kier alpha value is -2.46. The molecule has 0 fully saturated rings. The fraction of sp³-hybridized carbons (Fsp3) is 0.905. The molecular weight excluding hydrogens is 1340 g/mol. The van der Waals surface area contributed by atoms with Gasteiger partial charge in [-0.2, -0.15) is 0 Å². The van der Waals surface area contributed by atoms with E-state index in [4.69, 9.17) is 37.0 Å². The van der Waals surface area contributed by atoms with E-state index in [0.717, 1.165) is 120 Å². The van der Waals surface area contributed by atoms with E-state index in [-0.39, 0.29) is 25.7 Å². The Morgan fingerprint density at radius 1 is 0.320 bits per heavy atom. The van der Waals surface area contributed by atoms with Crippen molar-refractivity contribution in [2.24, 2.45) is 17.8 Å².